The number of amides is 3. The van der Waals surface area contributed by atoms with Crippen molar-refractivity contribution in [2.24, 2.45) is 5.41 Å². The fourth-order valence-electron chi connectivity index (χ4n) is 4.58. The van der Waals surface area contributed by atoms with Crippen molar-refractivity contribution in [2.45, 2.75) is 38.6 Å². The predicted octanol–water partition coefficient (Wildman–Crippen LogP) is 1.69. The molecule has 8 nitrogen and oxygen atoms in total. The van der Waals surface area contributed by atoms with Gasteiger partial charge in [-0.25, -0.2) is 0 Å². The molecule has 0 saturated carbocycles. The number of carbonyl (C=O) groups is 3. The number of likely N-dealkylation sites (N-methyl/N-ethyl adjacent to an activating group) is 1. The van der Waals surface area contributed by atoms with Crippen LogP contribution in [0.2, 0.25) is 0 Å². The Morgan fingerprint density at radius 2 is 1.94 bits per heavy atom. The topological polar surface area (TPSA) is 88.2 Å². The van der Waals surface area contributed by atoms with Crippen molar-refractivity contribution >= 4 is 17.7 Å². The molecule has 2 fully saturated rings. The van der Waals surface area contributed by atoms with Gasteiger partial charge in [0, 0.05) is 40.4 Å². The average Bonchev–Trinajstić information content (AvgIpc) is 3.02. The summed E-state index contributed by atoms with van der Waals surface area (Å²) in [5.41, 5.74) is -0.0250. The molecule has 0 aromatic heterocycles. The van der Waals surface area contributed by atoms with E-state index in [2.05, 4.69) is 5.32 Å². The van der Waals surface area contributed by atoms with Crippen LogP contribution < -0.4 is 10.1 Å². The molecule has 8 heteroatoms. The highest BCUT2D eigenvalue weighted by Gasteiger charge is 2.53. The molecule has 170 valence electrons. The Labute approximate surface area is 183 Å². The lowest BCUT2D eigenvalue weighted by Crippen LogP contribution is -2.46. The number of carbonyl (C=O) groups excluding carboxylic acids is 3. The highest BCUT2D eigenvalue weighted by molar-refractivity contribution is 5.98. The molecular formula is C23H33N3O5. The summed E-state index contributed by atoms with van der Waals surface area (Å²) >= 11 is 0. The summed E-state index contributed by atoms with van der Waals surface area (Å²) in [6.45, 7) is 4.46. The minimum Gasteiger partial charge on any atom is -0.493 e. The summed E-state index contributed by atoms with van der Waals surface area (Å²) in [5, 5.41) is 2.91. The van der Waals surface area contributed by atoms with E-state index in [1.807, 2.05) is 19.1 Å². The van der Waals surface area contributed by atoms with Gasteiger partial charge in [0.1, 0.15) is 11.8 Å². The first-order chi connectivity index (χ1) is 14.9. The molecule has 1 atom stereocenters. The molecule has 1 N–H and O–H groups in total. The van der Waals surface area contributed by atoms with Gasteiger partial charge in [0.2, 0.25) is 11.8 Å². The van der Waals surface area contributed by atoms with Gasteiger partial charge in [-0.1, -0.05) is 12.1 Å². The van der Waals surface area contributed by atoms with Crippen LogP contribution in [0.1, 0.15) is 43.0 Å². The van der Waals surface area contributed by atoms with Gasteiger partial charge in [-0.15, -0.1) is 0 Å². The Bertz CT molecular complexity index is 804. The molecule has 0 bridgehead atoms. The number of piperidine rings is 1. The first-order valence-electron chi connectivity index (χ1n) is 11.0. The van der Waals surface area contributed by atoms with Crippen LogP contribution in [0.4, 0.5) is 0 Å². The number of hydrogen-bond donors (Lipinski definition) is 1. The van der Waals surface area contributed by atoms with Crippen LogP contribution in [0.15, 0.2) is 24.3 Å². The van der Waals surface area contributed by atoms with Crippen molar-refractivity contribution in [1.82, 2.24) is 15.1 Å². The van der Waals surface area contributed by atoms with E-state index in [4.69, 9.17) is 9.47 Å². The predicted molar refractivity (Wildman–Crippen MR) is 116 cm³/mol. The summed E-state index contributed by atoms with van der Waals surface area (Å²) < 4.78 is 10.6. The van der Waals surface area contributed by atoms with Crippen molar-refractivity contribution in [3.05, 3.63) is 29.8 Å². The molecule has 1 spiro atoms. The third-order valence-electron chi connectivity index (χ3n) is 6.38. The van der Waals surface area contributed by atoms with E-state index in [0.717, 1.165) is 6.42 Å². The molecular weight excluding hydrogens is 398 g/mol. The molecule has 0 aliphatic carbocycles. The van der Waals surface area contributed by atoms with E-state index >= 15 is 0 Å². The number of para-hydroxylation sites is 1. The number of benzene rings is 1. The van der Waals surface area contributed by atoms with Crippen LogP contribution in [-0.2, 0) is 14.3 Å². The number of nitrogens with zero attached hydrogens (tertiary/aromatic N) is 2. The molecule has 0 unspecified atom stereocenters. The van der Waals surface area contributed by atoms with Crippen LogP contribution in [0, 0.1) is 5.41 Å². The van der Waals surface area contributed by atoms with Gasteiger partial charge in [0.15, 0.2) is 0 Å². The van der Waals surface area contributed by atoms with E-state index in [0.29, 0.717) is 63.4 Å². The minimum atomic E-state index is -0.570. The zero-order chi connectivity index (χ0) is 22.4. The van der Waals surface area contributed by atoms with Crippen molar-refractivity contribution < 1.29 is 23.9 Å². The lowest BCUT2D eigenvalue weighted by atomic mass is 9.75. The molecule has 1 aromatic rings. The van der Waals surface area contributed by atoms with Crippen molar-refractivity contribution in [3.63, 3.8) is 0 Å². The second-order valence-electron chi connectivity index (χ2n) is 8.28. The van der Waals surface area contributed by atoms with Crippen molar-refractivity contribution in [2.75, 3.05) is 47.0 Å². The molecule has 2 heterocycles. The van der Waals surface area contributed by atoms with E-state index in [1.165, 1.54) is 0 Å². The molecule has 0 radical (unpaired) electrons. The maximum Gasteiger partial charge on any atom is 0.257 e. The van der Waals surface area contributed by atoms with Crippen LogP contribution in [0.3, 0.4) is 0 Å². The summed E-state index contributed by atoms with van der Waals surface area (Å²) in [7, 11) is 3.33. The maximum atomic E-state index is 13.1. The number of nitrogens with one attached hydrogen (secondary N) is 1. The Kier molecular flexibility index (Phi) is 7.54. The fourth-order valence-corrected chi connectivity index (χ4v) is 4.58. The van der Waals surface area contributed by atoms with Gasteiger partial charge in [-0.2, -0.15) is 0 Å². The van der Waals surface area contributed by atoms with E-state index < -0.39 is 11.5 Å². The highest BCUT2D eigenvalue weighted by Crippen LogP contribution is 2.44. The molecule has 2 aliphatic rings. The molecule has 1 aromatic carbocycles. The lowest BCUT2D eigenvalue weighted by Gasteiger charge is -2.37. The van der Waals surface area contributed by atoms with Gasteiger partial charge in [-0.05, 0) is 44.7 Å². The summed E-state index contributed by atoms with van der Waals surface area (Å²) in [5.74, 6) is 0.390. The molecule has 31 heavy (non-hydrogen) atoms. The lowest BCUT2D eigenvalue weighted by molar-refractivity contribution is -0.139. The molecule has 3 amide bonds. The first-order valence-corrected chi connectivity index (χ1v) is 11.0. The van der Waals surface area contributed by atoms with Crippen LogP contribution in [-0.4, -0.2) is 80.6 Å². The summed E-state index contributed by atoms with van der Waals surface area (Å²) in [4.78, 5) is 42.1. The zero-order valence-corrected chi connectivity index (χ0v) is 18.7. The van der Waals surface area contributed by atoms with Crippen molar-refractivity contribution in [3.8, 4) is 5.75 Å². The van der Waals surface area contributed by atoms with E-state index in [1.54, 1.807) is 36.1 Å². The van der Waals surface area contributed by atoms with Crippen LogP contribution in [0.5, 0.6) is 5.75 Å². The Balaban J connectivity index is 1.62. The Morgan fingerprint density at radius 1 is 1.23 bits per heavy atom. The summed E-state index contributed by atoms with van der Waals surface area (Å²) in [6, 6.07) is 6.78. The minimum absolute atomic E-state index is 0.00589. The first kappa shape index (κ1) is 23.1. The van der Waals surface area contributed by atoms with Gasteiger partial charge in [0.25, 0.3) is 5.91 Å². The largest absolute Gasteiger partial charge is 0.493 e. The number of likely N-dealkylation sites (tertiary alicyclic amines) is 2. The van der Waals surface area contributed by atoms with Gasteiger partial charge in [0.05, 0.1) is 17.6 Å². The Hall–Kier alpha value is -2.61. The van der Waals surface area contributed by atoms with Crippen LogP contribution in [0.25, 0.3) is 0 Å². The number of hydrogen-bond acceptors (Lipinski definition) is 5. The number of methoxy groups -OCH3 is 1. The maximum absolute atomic E-state index is 13.1. The van der Waals surface area contributed by atoms with Gasteiger partial charge >= 0.3 is 0 Å². The second kappa shape index (κ2) is 10.1. The third-order valence-corrected chi connectivity index (χ3v) is 6.38. The number of ether oxygens (including phenoxy) is 2. The SMILES string of the molecule is CCOc1ccccc1C(=O)N1CCC2(CC1)C[C@@H](C(=O)NCCCOC)N(C)C2=O. The number of rotatable bonds is 8. The standard InChI is InChI=1S/C23H33N3O5/c1-4-31-19-9-6-5-8-17(19)21(28)26-13-10-23(11-14-26)16-18(25(2)22(23)29)20(27)24-12-7-15-30-3/h5-6,8-9,18H,4,7,10-16H2,1-3H3,(H,24,27)/t18-/m0/s1. The fraction of sp³-hybridized carbons (Fsp3) is 0.609. The molecule has 2 aliphatic heterocycles. The second-order valence-corrected chi connectivity index (χ2v) is 8.28. The Morgan fingerprint density at radius 3 is 2.61 bits per heavy atom. The monoisotopic (exact) mass is 431 g/mol. The molecule has 2 saturated heterocycles. The third kappa shape index (κ3) is 4.84. The van der Waals surface area contributed by atoms with Crippen molar-refractivity contribution in [1.29, 1.82) is 0 Å². The normalized spacial score (nSPS) is 20.2. The summed E-state index contributed by atoms with van der Waals surface area (Å²) in [6.07, 6.45) is 2.35. The van der Waals surface area contributed by atoms with Gasteiger partial charge in [-0.3, -0.25) is 14.4 Å². The van der Waals surface area contributed by atoms with E-state index in [9.17, 15) is 14.4 Å². The average molecular weight is 432 g/mol. The van der Waals surface area contributed by atoms with E-state index in [-0.39, 0.29) is 17.7 Å². The quantitative estimate of drug-likeness (QED) is 0.633. The molecule has 3 rings (SSSR count). The van der Waals surface area contributed by atoms with Crippen LogP contribution >= 0.6 is 0 Å². The van der Waals surface area contributed by atoms with Gasteiger partial charge < -0.3 is 24.6 Å². The highest BCUT2D eigenvalue weighted by atomic mass is 16.5. The zero-order valence-electron chi connectivity index (χ0n) is 18.7. The smallest absolute Gasteiger partial charge is 0.257 e.